The molecule has 1 saturated carbocycles. The Kier molecular flexibility index (Phi) is 6.34. The van der Waals surface area contributed by atoms with Crippen molar-refractivity contribution in [3.8, 4) is 17.1 Å². The number of hydrogen-bond donors (Lipinski definition) is 1. The number of nitrogens with zero attached hydrogens (tertiary/aromatic N) is 4. The largest absolute Gasteiger partial charge is 0.395 e. The maximum absolute atomic E-state index is 13.7. The van der Waals surface area contributed by atoms with Crippen molar-refractivity contribution in [2.75, 3.05) is 6.61 Å². The second kappa shape index (κ2) is 9.41. The second-order valence-electron chi connectivity index (χ2n) is 8.52. The molecule has 4 aromatic rings. The van der Waals surface area contributed by atoms with Crippen molar-refractivity contribution < 1.29 is 5.11 Å². The lowest BCUT2D eigenvalue weighted by atomic mass is 9.95. The third kappa shape index (κ3) is 3.87. The molecule has 5 rings (SSSR count). The highest BCUT2D eigenvalue weighted by molar-refractivity contribution is 6.33. The van der Waals surface area contributed by atoms with Gasteiger partial charge in [0.1, 0.15) is 5.82 Å². The minimum absolute atomic E-state index is 0.0676. The molecule has 2 aromatic heterocycles. The first-order chi connectivity index (χ1) is 16.5. The van der Waals surface area contributed by atoms with E-state index in [9.17, 15) is 14.7 Å². The fourth-order valence-corrected chi connectivity index (χ4v) is 5.18. The Balaban J connectivity index is 1.94. The average molecular weight is 499 g/mol. The molecule has 9 heteroatoms. The summed E-state index contributed by atoms with van der Waals surface area (Å²) in [6.45, 7) is -0.411. The molecule has 7 nitrogen and oxygen atoms in total. The summed E-state index contributed by atoms with van der Waals surface area (Å²) in [6, 6.07) is 14.3. The van der Waals surface area contributed by atoms with Gasteiger partial charge in [-0.2, -0.15) is 0 Å². The first kappa shape index (κ1) is 22.9. The van der Waals surface area contributed by atoms with Crippen LogP contribution in [0.3, 0.4) is 0 Å². The zero-order valence-corrected chi connectivity index (χ0v) is 20.0. The Morgan fingerprint density at radius 3 is 2.35 bits per heavy atom. The third-order valence-corrected chi connectivity index (χ3v) is 7.02. The van der Waals surface area contributed by atoms with Gasteiger partial charge in [-0.05, 0) is 49.2 Å². The van der Waals surface area contributed by atoms with Crippen LogP contribution in [0.1, 0.15) is 38.1 Å². The molecule has 0 atom stereocenters. The summed E-state index contributed by atoms with van der Waals surface area (Å²) in [5, 5.41) is 10.7. The molecule has 2 heterocycles. The van der Waals surface area contributed by atoms with E-state index in [1.165, 1.54) is 0 Å². The standard InChI is InChI=1S/C25H24Cl2N4O3/c26-16-10-12-18(13-11-16)30-21-23(28-22(30)19-8-4-5-9-20(19)27)31(17-6-2-1-3-7-17)25(34)29(14-15-32)24(21)33/h4-5,8-13,17,32H,1-3,6-7,14-15H2. The van der Waals surface area contributed by atoms with Crippen LogP contribution in [0.4, 0.5) is 0 Å². The van der Waals surface area contributed by atoms with Crippen LogP contribution in [0, 0.1) is 0 Å². The molecule has 0 radical (unpaired) electrons. The van der Waals surface area contributed by atoms with E-state index in [0.29, 0.717) is 32.8 Å². The molecule has 0 amide bonds. The Morgan fingerprint density at radius 1 is 0.971 bits per heavy atom. The highest BCUT2D eigenvalue weighted by Crippen LogP contribution is 2.34. The van der Waals surface area contributed by atoms with Gasteiger partial charge in [0.2, 0.25) is 0 Å². The zero-order valence-electron chi connectivity index (χ0n) is 18.5. The normalized spacial score (nSPS) is 14.7. The summed E-state index contributed by atoms with van der Waals surface area (Å²) in [5.74, 6) is 0.464. The van der Waals surface area contributed by atoms with Crippen molar-refractivity contribution in [2.45, 2.75) is 44.7 Å². The fraction of sp³-hybridized carbons (Fsp3) is 0.320. The Hall–Kier alpha value is -2.87. The van der Waals surface area contributed by atoms with E-state index in [2.05, 4.69) is 0 Å². The van der Waals surface area contributed by atoms with Gasteiger partial charge in [0.15, 0.2) is 11.2 Å². The lowest BCUT2D eigenvalue weighted by Gasteiger charge is -2.24. The predicted octanol–water partition coefficient (Wildman–Crippen LogP) is 4.82. The maximum Gasteiger partial charge on any atom is 0.333 e. The van der Waals surface area contributed by atoms with Crippen LogP contribution >= 0.6 is 23.2 Å². The molecular weight excluding hydrogens is 475 g/mol. The SMILES string of the molecule is O=c1c2c(nc(-c3ccccc3Cl)n2-c2ccc(Cl)cc2)n(C2CCCCC2)c(=O)n1CCO. The lowest BCUT2D eigenvalue weighted by molar-refractivity contribution is 0.266. The first-order valence-electron chi connectivity index (χ1n) is 11.4. The summed E-state index contributed by atoms with van der Waals surface area (Å²) < 4.78 is 4.50. The summed E-state index contributed by atoms with van der Waals surface area (Å²) in [6.07, 6.45) is 4.80. The number of halogens is 2. The number of imidazole rings is 1. The van der Waals surface area contributed by atoms with Crippen molar-refractivity contribution in [3.63, 3.8) is 0 Å². The minimum atomic E-state index is -0.498. The number of aliphatic hydroxyl groups is 1. The molecule has 0 saturated heterocycles. The van der Waals surface area contributed by atoms with E-state index in [1.807, 2.05) is 18.2 Å². The van der Waals surface area contributed by atoms with Crippen molar-refractivity contribution in [3.05, 3.63) is 79.4 Å². The quantitative estimate of drug-likeness (QED) is 0.427. The number of benzene rings is 2. The minimum Gasteiger partial charge on any atom is -0.395 e. The topological polar surface area (TPSA) is 82.0 Å². The Labute approximate surface area is 205 Å². The van der Waals surface area contributed by atoms with Crippen LogP contribution in [0.2, 0.25) is 10.0 Å². The molecule has 1 aliphatic carbocycles. The van der Waals surface area contributed by atoms with Crippen LogP contribution in [-0.2, 0) is 6.54 Å². The van der Waals surface area contributed by atoms with Gasteiger partial charge in [0.05, 0.1) is 18.2 Å². The van der Waals surface area contributed by atoms with E-state index in [1.54, 1.807) is 39.5 Å². The molecule has 1 fully saturated rings. The van der Waals surface area contributed by atoms with Crippen molar-refractivity contribution in [1.29, 1.82) is 0 Å². The predicted molar refractivity (Wildman–Crippen MR) is 134 cm³/mol. The van der Waals surface area contributed by atoms with Crippen LogP contribution in [-0.4, -0.2) is 30.4 Å². The molecule has 0 spiro atoms. The van der Waals surface area contributed by atoms with E-state index >= 15 is 0 Å². The average Bonchev–Trinajstić information content (AvgIpc) is 3.23. The maximum atomic E-state index is 13.7. The number of hydrogen-bond acceptors (Lipinski definition) is 4. The van der Waals surface area contributed by atoms with E-state index in [4.69, 9.17) is 28.2 Å². The molecule has 1 N–H and O–H groups in total. The number of fused-ring (bicyclic) bond motifs is 1. The molecule has 176 valence electrons. The van der Waals surface area contributed by atoms with Gasteiger partial charge in [0, 0.05) is 22.3 Å². The summed E-state index contributed by atoms with van der Waals surface area (Å²) in [7, 11) is 0. The van der Waals surface area contributed by atoms with E-state index in [-0.39, 0.29) is 24.7 Å². The highest BCUT2D eigenvalue weighted by atomic mass is 35.5. The molecule has 1 aliphatic rings. The molecule has 0 bridgehead atoms. The Bertz CT molecular complexity index is 1460. The van der Waals surface area contributed by atoms with E-state index in [0.717, 1.165) is 36.7 Å². The van der Waals surface area contributed by atoms with Crippen molar-refractivity contribution in [2.24, 2.45) is 0 Å². The van der Waals surface area contributed by atoms with Crippen LogP contribution in [0.25, 0.3) is 28.2 Å². The van der Waals surface area contributed by atoms with E-state index < -0.39 is 11.2 Å². The number of aromatic nitrogens is 4. The van der Waals surface area contributed by atoms with Gasteiger partial charge in [-0.25, -0.2) is 9.78 Å². The van der Waals surface area contributed by atoms with Crippen LogP contribution < -0.4 is 11.2 Å². The van der Waals surface area contributed by atoms with Gasteiger partial charge >= 0.3 is 5.69 Å². The van der Waals surface area contributed by atoms with Crippen LogP contribution in [0.5, 0.6) is 0 Å². The summed E-state index contributed by atoms with van der Waals surface area (Å²) in [5.41, 5.74) is 0.984. The van der Waals surface area contributed by atoms with Gasteiger partial charge in [-0.15, -0.1) is 0 Å². The van der Waals surface area contributed by atoms with Crippen molar-refractivity contribution >= 4 is 34.4 Å². The molecule has 34 heavy (non-hydrogen) atoms. The summed E-state index contributed by atoms with van der Waals surface area (Å²) in [4.78, 5) is 32.1. The lowest BCUT2D eigenvalue weighted by Crippen LogP contribution is -2.43. The zero-order chi connectivity index (χ0) is 23.8. The molecular formula is C25H24Cl2N4O3. The first-order valence-corrected chi connectivity index (χ1v) is 12.2. The molecule has 2 aromatic carbocycles. The molecule has 0 aliphatic heterocycles. The van der Waals surface area contributed by atoms with Gasteiger partial charge in [0.25, 0.3) is 5.56 Å². The van der Waals surface area contributed by atoms with Gasteiger partial charge in [-0.3, -0.25) is 18.5 Å². The van der Waals surface area contributed by atoms with Gasteiger partial charge < -0.3 is 5.11 Å². The van der Waals surface area contributed by atoms with Gasteiger partial charge in [-0.1, -0.05) is 54.6 Å². The summed E-state index contributed by atoms with van der Waals surface area (Å²) >= 11 is 12.7. The molecule has 0 unspecified atom stereocenters. The number of aliphatic hydroxyl groups excluding tert-OH is 1. The monoisotopic (exact) mass is 498 g/mol. The fourth-order valence-electron chi connectivity index (χ4n) is 4.83. The number of rotatable bonds is 5. The smallest absolute Gasteiger partial charge is 0.333 e. The third-order valence-electron chi connectivity index (χ3n) is 6.43. The van der Waals surface area contributed by atoms with Crippen LogP contribution in [0.15, 0.2) is 58.1 Å². The highest BCUT2D eigenvalue weighted by Gasteiger charge is 2.28. The van der Waals surface area contributed by atoms with Crippen molar-refractivity contribution in [1.82, 2.24) is 18.7 Å². The Morgan fingerprint density at radius 2 is 1.68 bits per heavy atom. The second-order valence-corrected chi connectivity index (χ2v) is 9.37.